The number of Topliss-reactive ketones (excluding diaryl/α,β-unsaturated/α-hetero) is 1. The molecule has 2 aromatic carbocycles. The molecule has 1 fully saturated rings. The molecule has 174 valence electrons. The van der Waals surface area contributed by atoms with Crippen molar-refractivity contribution in [2.75, 3.05) is 6.61 Å². The molecule has 1 aliphatic carbocycles. The number of carbonyl (C=O) groups excluding carboxylic acids is 2. The molecule has 1 saturated carbocycles. The molecule has 33 heavy (non-hydrogen) atoms. The Hall–Kier alpha value is -2.21. The highest BCUT2D eigenvalue weighted by atomic mass is 35.5. The molecule has 1 N–H and O–H groups in total. The van der Waals surface area contributed by atoms with Crippen molar-refractivity contribution >= 4 is 57.4 Å². The van der Waals surface area contributed by atoms with Gasteiger partial charge < -0.3 is 14.6 Å². The van der Waals surface area contributed by atoms with E-state index in [0.717, 1.165) is 37.7 Å². The van der Waals surface area contributed by atoms with Crippen LogP contribution in [0.25, 0.3) is 10.9 Å². The minimum atomic E-state index is -0.648. The van der Waals surface area contributed by atoms with E-state index in [4.69, 9.17) is 39.5 Å². The number of hydrogen-bond donors (Lipinski definition) is 1. The normalized spacial score (nSPS) is 14.4. The average molecular weight is 508 g/mol. The fourth-order valence-corrected chi connectivity index (χ4v) is 5.17. The number of carbonyl (C=O) groups is 2. The fraction of sp³-hybridized carbons (Fsp3) is 0.360. The Morgan fingerprint density at radius 2 is 1.82 bits per heavy atom. The summed E-state index contributed by atoms with van der Waals surface area (Å²) in [4.78, 5) is 26.2. The van der Waals surface area contributed by atoms with Crippen molar-refractivity contribution in [1.82, 2.24) is 9.88 Å². The van der Waals surface area contributed by atoms with Crippen molar-refractivity contribution in [2.24, 2.45) is 0 Å². The maximum atomic E-state index is 13.3. The van der Waals surface area contributed by atoms with Crippen molar-refractivity contribution in [3.63, 3.8) is 0 Å². The first-order valence-electron chi connectivity index (χ1n) is 11.1. The van der Waals surface area contributed by atoms with Crippen molar-refractivity contribution in [1.29, 1.82) is 0 Å². The van der Waals surface area contributed by atoms with Crippen LogP contribution in [0.3, 0.4) is 0 Å². The summed E-state index contributed by atoms with van der Waals surface area (Å²) in [5.41, 5.74) is 1.68. The van der Waals surface area contributed by atoms with Crippen LogP contribution < -0.4 is 10.1 Å². The van der Waals surface area contributed by atoms with E-state index >= 15 is 0 Å². The molecule has 8 heteroatoms. The first-order chi connectivity index (χ1) is 15.9. The Morgan fingerprint density at radius 1 is 1.06 bits per heavy atom. The van der Waals surface area contributed by atoms with Gasteiger partial charge in [-0.2, -0.15) is 0 Å². The quantitative estimate of drug-likeness (QED) is 0.287. The monoisotopic (exact) mass is 506 g/mol. The third-order valence-electron chi connectivity index (χ3n) is 6.00. The van der Waals surface area contributed by atoms with Gasteiger partial charge in [0.25, 0.3) is 11.7 Å². The lowest BCUT2D eigenvalue weighted by Gasteiger charge is -2.22. The van der Waals surface area contributed by atoms with Gasteiger partial charge in [-0.15, -0.1) is 0 Å². The van der Waals surface area contributed by atoms with E-state index in [1.54, 1.807) is 22.8 Å². The smallest absolute Gasteiger partial charge is 0.292 e. The number of nitrogens with one attached hydrogen (secondary N) is 1. The van der Waals surface area contributed by atoms with Gasteiger partial charge in [0.2, 0.25) is 0 Å². The standard InChI is InChI=1S/C25H25Cl3N2O3/c1-2-33-18-10-11-21-19(13-18)22(23(31)25(32)29-17-6-4-3-5-7-17)24(28)30(21)14-15-8-9-16(26)12-20(15)27/h8-13,17H,2-7,14H2,1H3,(H,29,32). The summed E-state index contributed by atoms with van der Waals surface area (Å²) in [6.45, 7) is 2.68. The third-order valence-corrected chi connectivity index (χ3v) is 6.98. The highest BCUT2D eigenvalue weighted by molar-refractivity contribution is 6.49. The van der Waals surface area contributed by atoms with Crippen LogP contribution in [0.5, 0.6) is 5.75 Å². The molecule has 0 saturated heterocycles. The highest BCUT2D eigenvalue weighted by Gasteiger charge is 2.29. The molecule has 3 aromatic rings. The van der Waals surface area contributed by atoms with Gasteiger partial charge in [0.15, 0.2) is 0 Å². The number of fused-ring (bicyclic) bond motifs is 1. The van der Waals surface area contributed by atoms with Crippen LogP contribution in [0.4, 0.5) is 0 Å². The zero-order valence-electron chi connectivity index (χ0n) is 18.3. The number of halogens is 3. The molecule has 1 amide bonds. The molecule has 4 rings (SSSR count). The Bertz CT molecular complexity index is 1200. The van der Waals surface area contributed by atoms with Gasteiger partial charge in [-0.1, -0.05) is 60.1 Å². The van der Waals surface area contributed by atoms with Gasteiger partial charge in [0.1, 0.15) is 10.9 Å². The lowest BCUT2D eigenvalue weighted by Crippen LogP contribution is -2.40. The Balaban J connectivity index is 1.75. The highest BCUT2D eigenvalue weighted by Crippen LogP contribution is 2.35. The summed E-state index contributed by atoms with van der Waals surface area (Å²) in [7, 11) is 0. The van der Waals surface area contributed by atoms with Gasteiger partial charge in [0, 0.05) is 21.5 Å². The van der Waals surface area contributed by atoms with Gasteiger partial charge >= 0.3 is 0 Å². The predicted octanol–water partition coefficient (Wildman–Crippen LogP) is 6.68. The van der Waals surface area contributed by atoms with E-state index in [-0.39, 0.29) is 16.8 Å². The Morgan fingerprint density at radius 3 is 2.52 bits per heavy atom. The zero-order chi connectivity index (χ0) is 23.5. The molecule has 0 spiro atoms. The van der Waals surface area contributed by atoms with E-state index in [9.17, 15) is 9.59 Å². The first-order valence-corrected chi connectivity index (χ1v) is 12.3. The van der Waals surface area contributed by atoms with Crippen molar-refractivity contribution in [3.8, 4) is 5.75 Å². The van der Waals surface area contributed by atoms with Gasteiger partial charge in [-0.3, -0.25) is 9.59 Å². The minimum Gasteiger partial charge on any atom is -0.494 e. The number of ether oxygens (including phenoxy) is 1. The summed E-state index contributed by atoms with van der Waals surface area (Å²) in [6, 6.07) is 10.7. The molecule has 0 atom stereocenters. The topological polar surface area (TPSA) is 60.3 Å². The van der Waals surface area contributed by atoms with Crippen LogP contribution in [-0.4, -0.2) is 28.9 Å². The van der Waals surface area contributed by atoms with Crippen molar-refractivity contribution < 1.29 is 14.3 Å². The van der Waals surface area contributed by atoms with Gasteiger partial charge in [-0.25, -0.2) is 0 Å². The SMILES string of the molecule is CCOc1ccc2c(c1)c(C(=O)C(=O)NC1CCCCC1)c(Cl)n2Cc1ccc(Cl)cc1Cl. The lowest BCUT2D eigenvalue weighted by molar-refractivity contribution is -0.117. The number of amides is 1. The number of benzene rings is 2. The Kier molecular flexibility index (Phi) is 7.52. The molecule has 0 aliphatic heterocycles. The fourth-order valence-electron chi connectivity index (χ4n) is 4.36. The maximum Gasteiger partial charge on any atom is 0.292 e. The molecule has 1 aromatic heterocycles. The van der Waals surface area contributed by atoms with E-state index in [1.807, 2.05) is 25.1 Å². The number of hydrogen-bond acceptors (Lipinski definition) is 3. The zero-order valence-corrected chi connectivity index (χ0v) is 20.6. The van der Waals surface area contributed by atoms with Crippen molar-refractivity contribution in [3.05, 3.63) is 62.7 Å². The molecular formula is C25H25Cl3N2O3. The minimum absolute atomic E-state index is 0.0224. The van der Waals surface area contributed by atoms with Crippen LogP contribution in [0, 0.1) is 0 Å². The molecule has 0 unspecified atom stereocenters. The molecule has 0 bridgehead atoms. The summed E-state index contributed by atoms with van der Waals surface area (Å²) in [5, 5.41) is 4.68. The second kappa shape index (κ2) is 10.4. The van der Waals surface area contributed by atoms with Crippen LogP contribution in [0.2, 0.25) is 15.2 Å². The maximum absolute atomic E-state index is 13.3. The van der Waals surface area contributed by atoms with E-state index in [0.29, 0.717) is 39.8 Å². The summed E-state index contributed by atoms with van der Waals surface area (Å²) in [5.74, 6) is -0.676. The molecule has 1 aliphatic rings. The summed E-state index contributed by atoms with van der Waals surface area (Å²) < 4.78 is 7.41. The van der Waals surface area contributed by atoms with Crippen LogP contribution >= 0.6 is 34.8 Å². The lowest BCUT2D eigenvalue weighted by atomic mass is 9.95. The van der Waals surface area contributed by atoms with E-state index in [2.05, 4.69) is 5.32 Å². The summed E-state index contributed by atoms with van der Waals surface area (Å²) >= 11 is 19.2. The molecule has 1 heterocycles. The number of nitrogens with zero attached hydrogens (tertiary/aromatic N) is 1. The first kappa shape index (κ1) is 23.9. The molecule has 0 radical (unpaired) electrons. The van der Waals surface area contributed by atoms with Crippen LogP contribution in [0.15, 0.2) is 36.4 Å². The van der Waals surface area contributed by atoms with Crippen LogP contribution in [0.1, 0.15) is 54.9 Å². The average Bonchev–Trinajstić information content (AvgIpc) is 3.06. The second-order valence-electron chi connectivity index (χ2n) is 8.24. The predicted molar refractivity (Wildman–Crippen MR) is 133 cm³/mol. The molecule has 5 nitrogen and oxygen atoms in total. The van der Waals surface area contributed by atoms with Gasteiger partial charge in [-0.05, 0) is 55.7 Å². The van der Waals surface area contributed by atoms with Gasteiger partial charge in [0.05, 0.1) is 24.2 Å². The number of ketones is 1. The number of rotatable bonds is 7. The largest absolute Gasteiger partial charge is 0.494 e. The van der Waals surface area contributed by atoms with E-state index in [1.165, 1.54) is 0 Å². The number of aromatic nitrogens is 1. The third kappa shape index (κ3) is 5.16. The van der Waals surface area contributed by atoms with Crippen LogP contribution in [-0.2, 0) is 11.3 Å². The Labute approximate surface area is 207 Å². The second-order valence-corrected chi connectivity index (χ2v) is 9.44. The summed E-state index contributed by atoms with van der Waals surface area (Å²) in [6.07, 6.45) is 5.04. The van der Waals surface area contributed by atoms with E-state index < -0.39 is 11.7 Å². The van der Waals surface area contributed by atoms with Crippen molar-refractivity contribution in [2.45, 2.75) is 51.6 Å². The molecular weight excluding hydrogens is 483 g/mol.